The second-order valence-corrected chi connectivity index (χ2v) is 5.16. The van der Waals surface area contributed by atoms with Crippen molar-refractivity contribution in [2.45, 2.75) is 20.5 Å². The second-order valence-electron chi connectivity index (χ2n) is 5.16. The summed E-state index contributed by atoms with van der Waals surface area (Å²) in [6, 6.07) is 10.4. The Balaban J connectivity index is 2.23. The molecule has 2 rings (SSSR count). The van der Waals surface area contributed by atoms with E-state index >= 15 is 0 Å². The summed E-state index contributed by atoms with van der Waals surface area (Å²) in [6.45, 7) is 3.48. The molecule has 2 aromatic rings. The van der Waals surface area contributed by atoms with Crippen LogP contribution >= 0.6 is 0 Å². The Labute approximate surface area is 144 Å². The molecule has 25 heavy (non-hydrogen) atoms. The maximum atomic E-state index is 12.2. The minimum atomic E-state index is -0.817. The number of carbonyl (C=O) groups is 2. The van der Waals surface area contributed by atoms with Crippen LogP contribution in [0.3, 0.4) is 0 Å². The quantitative estimate of drug-likeness (QED) is 0.330. The fraction of sp³-hybridized carbons (Fsp3) is 0.222. The lowest BCUT2D eigenvalue weighted by Gasteiger charge is -2.12. The zero-order chi connectivity index (χ0) is 18.4. The number of ketones is 1. The summed E-state index contributed by atoms with van der Waals surface area (Å²) in [5.41, 5.74) is 0.518. The summed E-state index contributed by atoms with van der Waals surface area (Å²) >= 11 is 0. The topological polar surface area (TPSA) is 95.7 Å². The summed E-state index contributed by atoms with van der Waals surface area (Å²) in [4.78, 5) is 34.1. The molecule has 0 fully saturated rings. The summed E-state index contributed by atoms with van der Waals surface area (Å²) < 4.78 is 10.7. The normalized spacial score (nSPS) is 10.2. The average Bonchev–Trinajstić information content (AvgIpc) is 2.60. The Morgan fingerprint density at radius 3 is 2.52 bits per heavy atom. The molecule has 2 aromatic carbocycles. The molecule has 7 heteroatoms. The molecule has 0 unspecified atom stereocenters. The van der Waals surface area contributed by atoms with Crippen molar-refractivity contribution >= 4 is 17.4 Å². The fourth-order valence-electron chi connectivity index (χ4n) is 2.23. The standard InChI is InChI=1S/C18H17NO6/c1-3-24-17-9-8-13(12(2)20)10-14(17)11-25-18(21)15-6-4-5-7-16(15)19(22)23/h4-10H,3,11H2,1-2H3. The number of nitrogens with zero attached hydrogens (tertiary/aromatic N) is 1. The van der Waals surface area contributed by atoms with Crippen molar-refractivity contribution in [3.05, 3.63) is 69.3 Å². The largest absolute Gasteiger partial charge is 0.493 e. The number of para-hydroxylation sites is 1. The molecule has 130 valence electrons. The van der Waals surface area contributed by atoms with Gasteiger partial charge in [-0.1, -0.05) is 12.1 Å². The third-order valence-electron chi connectivity index (χ3n) is 3.45. The minimum Gasteiger partial charge on any atom is -0.493 e. The molecule has 0 spiro atoms. The fourth-order valence-corrected chi connectivity index (χ4v) is 2.23. The van der Waals surface area contributed by atoms with Crippen molar-refractivity contribution in [2.75, 3.05) is 6.61 Å². The van der Waals surface area contributed by atoms with E-state index in [0.29, 0.717) is 23.5 Å². The molecule has 0 atom stereocenters. The van der Waals surface area contributed by atoms with Crippen molar-refractivity contribution < 1.29 is 24.0 Å². The average molecular weight is 343 g/mol. The Kier molecular flexibility index (Phi) is 5.84. The van der Waals surface area contributed by atoms with Gasteiger partial charge in [0.25, 0.3) is 5.69 Å². The van der Waals surface area contributed by atoms with Crippen LogP contribution in [0.25, 0.3) is 0 Å². The number of carbonyl (C=O) groups excluding carboxylic acids is 2. The first kappa shape index (κ1) is 18.1. The van der Waals surface area contributed by atoms with Crippen LogP contribution in [0.4, 0.5) is 5.69 Å². The lowest BCUT2D eigenvalue weighted by atomic mass is 10.1. The van der Waals surface area contributed by atoms with Gasteiger partial charge in [-0.15, -0.1) is 0 Å². The number of rotatable bonds is 7. The molecule has 0 bridgehead atoms. The van der Waals surface area contributed by atoms with Crippen LogP contribution in [-0.2, 0) is 11.3 Å². The number of hydrogen-bond acceptors (Lipinski definition) is 6. The van der Waals surface area contributed by atoms with Gasteiger partial charge >= 0.3 is 5.97 Å². The first-order valence-electron chi connectivity index (χ1n) is 7.61. The predicted octanol–water partition coefficient (Wildman–Crippen LogP) is 3.55. The van der Waals surface area contributed by atoms with Crippen LogP contribution in [0, 0.1) is 10.1 Å². The highest BCUT2D eigenvalue weighted by Crippen LogP contribution is 2.24. The number of nitro benzene ring substituents is 1. The van der Waals surface area contributed by atoms with Gasteiger partial charge in [0.15, 0.2) is 5.78 Å². The number of benzene rings is 2. The Hall–Kier alpha value is -3.22. The summed E-state index contributed by atoms with van der Waals surface area (Å²) in [7, 11) is 0. The van der Waals surface area contributed by atoms with E-state index in [4.69, 9.17) is 9.47 Å². The molecule has 0 N–H and O–H groups in total. The molecule has 0 heterocycles. The van der Waals surface area contributed by atoms with E-state index in [1.165, 1.54) is 31.2 Å². The third-order valence-corrected chi connectivity index (χ3v) is 3.45. The third kappa shape index (κ3) is 4.41. The van der Waals surface area contributed by atoms with Gasteiger partial charge in [-0.25, -0.2) is 4.79 Å². The first-order chi connectivity index (χ1) is 11.9. The van der Waals surface area contributed by atoms with E-state index in [2.05, 4.69) is 0 Å². The molecule has 0 saturated carbocycles. The lowest BCUT2D eigenvalue weighted by molar-refractivity contribution is -0.385. The van der Waals surface area contributed by atoms with Gasteiger partial charge in [-0.3, -0.25) is 14.9 Å². The summed E-state index contributed by atoms with van der Waals surface area (Å²) in [5.74, 6) is -0.458. The SMILES string of the molecule is CCOc1ccc(C(C)=O)cc1COC(=O)c1ccccc1[N+](=O)[O-]. The second kappa shape index (κ2) is 8.05. The molecule has 0 aliphatic carbocycles. The van der Waals surface area contributed by atoms with Crippen LogP contribution in [0.1, 0.15) is 40.1 Å². The van der Waals surface area contributed by atoms with Gasteiger partial charge in [0, 0.05) is 17.2 Å². The lowest BCUT2D eigenvalue weighted by Crippen LogP contribution is -2.09. The van der Waals surface area contributed by atoms with Crippen LogP contribution < -0.4 is 4.74 Å². The highest BCUT2D eigenvalue weighted by molar-refractivity contribution is 5.95. The maximum absolute atomic E-state index is 12.2. The molecule has 0 saturated heterocycles. The zero-order valence-corrected chi connectivity index (χ0v) is 13.9. The number of ether oxygens (including phenoxy) is 2. The molecule has 0 aromatic heterocycles. The molecule has 7 nitrogen and oxygen atoms in total. The van der Waals surface area contributed by atoms with Crippen molar-refractivity contribution in [3.8, 4) is 5.75 Å². The van der Waals surface area contributed by atoms with Crippen molar-refractivity contribution in [3.63, 3.8) is 0 Å². The Morgan fingerprint density at radius 2 is 1.88 bits per heavy atom. The van der Waals surface area contributed by atoms with Gasteiger partial charge in [0.05, 0.1) is 11.5 Å². The molecular formula is C18H17NO6. The van der Waals surface area contributed by atoms with Crippen LogP contribution in [-0.4, -0.2) is 23.3 Å². The molecule has 0 radical (unpaired) electrons. The molecule has 0 amide bonds. The number of Topliss-reactive ketones (excluding diaryl/α,β-unsaturated/α-hetero) is 1. The van der Waals surface area contributed by atoms with Gasteiger partial charge in [-0.2, -0.15) is 0 Å². The van der Waals surface area contributed by atoms with Crippen LogP contribution in [0.2, 0.25) is 0 Å². The maximum Gasteiger partial charge on any atom is 0.345 e. The van der Waals surface area contributed by atoms with Gasteiger partial charge < -0.3 is 9.47 Å². The smallest absolute Gasteiger partial charge is 0.345 e. The minimum absolute atomic E-state index is 0.130. The number of esters is 1. The Bertz CT molecular complexity index is 815. The first-order valence-corrected chi connectivity index (χ1v) is 7.61. The molecule has 0 aliphatic heterocycles. The zero-order valence-electron chi connectivity index (χ0n) is 13.9. The predicted molar refractivity (Wildman–Crippen MR) is 89.8 cm³/mol. The van der Waals surface area contributed by atoms with Crippen molar-refractivity contribution in [2.24, 2.45) is 0 Å². The van der Waals surface area contributed by atoms with Gasteiger partial charge in [0.1, 0.15) is 17.9 Å². The summed E-state index contributed by atoms with van der Waals surface area (Å²) in [5, 5.41) is 11.0. The van der Waals surface area contributed by atoms with E-state index in [-0.39, 0.29) is 23.6 Å². The van der Waals surface area contributed by atoms with E-state index < -0.39 is 10.9 Å². The van der Waals surface area contributed by atoms with Crippen LogP contribution in [0.15, 0.2) is 42.5 Å². The monoisotopic (exact) mass is 343 g/mol. The summed E-state index contributed by atoms with van der Waals surface area (Å²) in [6.07, 6.45) is 0. The highest BCUT2D eigenvalue weighted by atomic mass is 16.6. The highest BCUT2D eigenvalue weighted by Gasteiger charge is 2.21. The Morgan fingerprint density at radius 1 is 1.16 bits per heavy atom. The van der Waals surface area contributed by atoms with Crippen LogP contribution in [0.5, 0.6) is 5.75 Å². The molecule has 0 aliphatic rings. The van der Waals surface area contributed by atoms with E-state index in [1.54, 1.807) is 18.2 Å². The van der Waals surface area contributed by atoms with E-state index in [9.17, 15) is 19.7 Å². The number of nitro groups is 1. The molecular weight excluding hydrogens is 326 g/mol. The number of hydrogen-bond donors (Lipinski definition) is 0. The van der Waals surface area contributed by atoms with E-state index in [1.807, 2.05) is 6.92 Å². The van der Waals surface area contributed by atoms with Crippen molar-refractivity contribution in [1.82, 2.24) is 0 Å². The van der Waals surface area contributed by atoms with Gasteiger partial charge in [0.2, 0.25) is 0 Å². The van der Waals surface area contributed by atoms with E-state index in [0.717, 1.165) is 0 Å². The van der Waals surface area contributed by atoms with Crippen molar-refractivity contribution in [1.29, 1.82) is 0 Å². The van der Waals surface area contributed by atoms with Gasteiger partial charge in [-0.05, 0) is 38.1 Å².